The van der Waals surface area contributed by atoms with Gasteiger partial charge < -0.3 is 33.9 Å². The van der Waals surface area contributed by atoms with Crippen molar-refractivity contribution < 1.29 is 42.8 Å². The van der Waals surface area contributed by atoms with E-state index in [1.165, 1.54) is 32.8 Å². The molecule has 10 rings (SSSR count). The SMILES string of the molecule is CCC1=C[C@H]2CN(C1)Cc1c([nH]c3ccc(SCc4ccccc4F)cc13)[C@@](C(=O)OC)(C1C=C3C(=CC1OC)N(C)[C@H]1[C@@](O)(C(=O)OC)[C@H](OC(C)=O)[C@]4(CC)C=CCN5CC[C@]31[C@@H]54)C2. The van der Waals surface area contributed by atoms with Crippen LogP contribution in [-0.2, 0) is 51.0 Å². The van der Waals surface area contributed by atoms with Gasteiger partial charge in [-0.1, -0.05) is 61.9 Å². The van der Waals surface area contributed by atoms with Crippen LogP contribution in [0.25, 0.3) is 10.9 Å². The van der Waals surface area contributed by atoms with Gasteiger partial charge in [0.15, 0.2) is 6.10 Å². The van der Waals surface area contributed by atoms with Gasteiger partial charge in [-0.3, -0.25) is 19.4 Å². The number of carbonyl (C=O) groups is 3. The first-order valence-electron chi connectivity index (χ1n) is 23.4. The van der Waals surface area contributed by atoms with Crippen molar-refractivity contribution in [2.75, 3.05) is 54.6 Å². The molecule has 2 bridgehead atoms. The number of aromatic nitrogens is 1. The minimum atomic E-state index is -2.30. The first-order valence-corrected chi connectivity index (χ1v) is 24.4. The lowest BCUT2D eigenvalue weighted by Gasteiger charge is -2.63. The van der Waals surface area contributed by atoms with Crippen LogP contribution in [0.4, 0.5) is 4.39 Å². The number of carbonyl (C=O) groups excluding carboxylic acids is 3. The van der Waals surface area contributed by atoms with Crippen molar-refractivity contribution >= 4 is 40.6 Å². The van der Waals surface area contributed by atoms with Crippen molar-refractivity contribution in [1.29, 1.82) is 0 Å². The highest BCUT2D eigenvalue weighted by atomic mass is 32.2. The third-order valence-electron chi connectivity index (χ3n) is 16.6. The molecule has 14 heteroatoms. The van der Waals surface area contributed by atoms with E-state index in [0.29, 0.717) is 50.2 Å². The molecule has 350 valence electrons. The molecule has 11 atom stereocenters. The highest BCUT2D eigenvalue weighted by molar-refractivity contribution is 7.98. The number of benzene rings is 2. The first-order chi connectivity index (χ1) is 31.7. The quantitative estimate of drug-likeness (QED) is 0.0957. The van der Waals surface area contributed by atoms with Gasteiger partial charge >= 0.3 is 17.9 Å². The summed E-state index contributed by atoms with van der Waals surface area (Å²) in [7, 11) is 6.28. The third-order valence-corrected chi connectivity index (χ3v) is 17.6. The molecule has 66 heavy (non-hydrogen) atoms. The van der Waals surface area contributed by atoms with Crippen molar-refractivity contribution in [3.63, 3.8) is 0 Å². The number of hydrogen-bond acceptors (Lipinski definition) is 12. The van der Waals surface area contributed by atoms with Crippen LogP contribution in [0.2, 0.25) is 0 Å². The largest absolute Gasteiger partial charge is 0.468 e. The zero-order chi connectivity index (χ0) is 46.5. The van der Waals surface area contributed by atoms with E-state index in [4.69, 9.17) is 18.9 Å². The Balaban J connectivity index is 1.21. The lowest BCUT2D eigenvalue weighted by molar-refractivity contribution is -0.243. The summed E-state index contributed by atoms with van der Waals surface area (Å²) >= 11 is 1.58. The Kier molecular flexibility index (Phi) is 11.3. The highest BCUT2D eigenvalue weighted by Gasteiger charge is 2.81. The molecule has 2 N–H and O–H groups in total. The van der Waals surface area contributed by atoms with Crippen LogP contribution in [0.1, 0.15) is 63.3 Å². The topological polar surface area (TPSA) is 134 Å². The van der Waals surface area contributed by atoms with Crippen LogP contribution < -0.4 is 0 Å². The molecule has 1 spiro atoms. The van der Waals surface area contributed by atoms with Crippen LogP contribution in [0.5, 0.6) is 0 Å². The molecule has 3 unspecified atom stereocenters. The Morgan fingerprint density at radius 3 is 2.50 bits per heavy atom. The number of H-pyrrole nitrogens is 1. The second-order valence-corrected chi connectivity index (χ2v) is 20.6. The summed E-state index contributed by atoms with van der Waals surface area (Å²) in [6.07, 6.45) is 11.3. The van der Waals surface area contributed by atoms with E-state index < -0.39 is 58.0 Å². The number of halogens is 1. The molecule has 1 saturated carbocycles. The number of thioether (sulfide) groups is 1. The second-order valence-electron chi connectivity index (χ2n) is 19.6. The molecule has 2 aliphatic carbocycles. The number of rotatable bonds is 10. The first kappa shape index (κ1) is 45.1. The summed E-state index contributed by atoms with van der Waals surface area (Å²) < 4.78 is 39.1. The van der Waals surface area contributed by atoms with E-state index in [9.17, 15) is 19.1 Å². The maximum atomic E-state index is 15.5. The third kappa shape index (κ3) is 6.26. The molecule has 12 nitrogen and oxygen atoms in total. The van der Waals surface area contributed by atoms with E-state index in [-0.39, 0.29) is 23.7 Å². The Bertz CT molecular complexity index is 2630. The van der Waals surface area contributed by atoms with Crippen LogP contribution >= 0.6 is 11.8 Å². The van der Waals surface area contributed by atoms with E-state index in [1.807, 2.05) is 31.0 Å². The van der Waals surface area contributed by atoms with Gasteiger partial charge in [0.2, 0.25) is 5.60 Å². The van der Waals surface area contributed by atoms with Crippen LogP contribution in [-0.4, -0.2) is 127 Å². The summed E-state index contributed by atoms with van der Waals surface area (Å²) in [4.78, 5) is 54.8. The minimum absolute atomic E-state index is 0.000488. The second kappa shape index (κ2) is 16.5. The van der Waals surface area contributed by atoms with Gasteiger partial charge in [-0.2, -0.15) is 0 Å². The molecular formula is C52H61FN4O8S. The predicted octanol–water partition coefficient (Wildman–Crippen LogP) is 6.83. The average molecular weight is 921 g/mol. The smallest absolute Gasteiger partial charge is 0.344 e. The number of methoxy groups -OCH3 is 3. The molecule has 3 fully saturated rings. The Morgan fingerprint density at radius 2 is 1.79 bits per heavy atom. The Labute approximate surface area is 390 Å². The van der Waals surface area contributed by atoms with Crippen LogP contribution in [0.3, 0.4) is 0 Å². The number of likely N-dealkylation sites (tertiary alicyclic amines) is 1. The van der Waals surface area contributed by atoms with Crippen LogP contribution in [0.15, 0.2) is 94.6 Å². The molecule has 7 aliphatic rings. The predicted molar refractivity (Wildman–Crippen MR) is 249 cm³/mol. The number of aliphatic hydroxyl groups is 1. The highest BCUT2D eigenvalue weighted by Crippen LogP contribution is 2.70. The molecule has 2 saturated heterocycles. The zero-order valence-corrected chi connectivity index (χ0v) is 39.7. The van der Waals surface area contributed by atoms with E-state index >= 15 is 4.79 Å². The fraction of sp³-hybridized carbons (Fsp3) is 0.519. The van der Waals surface area contributed by atoms with Crippen molar-refractivity contribution in [1.82, 2.24) is 19.7 Å². The van der Waals surface area contributed by atoms with Crippen LogP contribution in [0, 0.1) is 28.5 Å². The maximum Gasteiger partial charge on any atom is 0.344 e. The number of ether oxygens (including phenoxy) is 4. The molecule has 6 heterocycles. The Hall–Kier alpha value is -4.73. The van der Waals surface area contributed by atoms with Gasteiger partial charge in [-0.05, 0) is 85.2 Å². The summed E-state index contributed by atoms with van der Waals surface area (Å²) in [5.74, 6) is -2.23. The minimum Gasteiger partial charge on any atom is -0.468 e. The molecular weight excluding hydrogens is 860 g/mol. The number of aromatic amines is 1. The van der Waals surface area contributed by atoms with E-state index in [0.717, 1.165) is 57.8 Å². The normalized spacial score (nSPS) is 35.3. The lowest BCUT2D eigenvalue weighted by Crippen LogP contribution is -2.79. The average Bonchev–Trinajstić information content (AvgIpc) is 3.97. The van der Waals surface area contributed by atoms with Gasteiger partial charge in [-0.15, -0.1) is 11.8 Å². The van der Waals surface area contributed by atoms with Crippen molar-refractivity contribution in [3.05, 3.63) is 112 Å². The monoisotopic (exact) mass is 920 g/mol. The molecule has 2 aromatic carbocycles. The number of nitrogens with one attached hydrogen (secondary N) is 1. The molecule has 0 amide bonds. The van der Waals surface area contributed by atoms with E-state index in [2.05, 4.69) is 70.3 Å². The molecule has 5 aliphatic heterocycles. The van der Waals surface area contributed by atoms with Gasteiger partial charge in [-0.25, -0.2) is 9.18 Å². The summed E-state index contributed by atoms with van der Waals surface area (Å²) in [6.45, 7) is 9.00. The molecule has 0 radical (unpaired) electrons. The summed E-state index contributed by atoms with van der Waals surface area (Å²) in [5.41, 5.74) is 0.891. The van der Waals surface area contributed by atoms with E-state index in [1.54, 1.807) is 24.9 Å². The zero-order valence-electron chi connectivity index (χ0n) is 38.9. The van der Waals surface area contributed by atoms with Crippen molar-refractivity contribution in [3.8, 4) is 0 Å². The lowest BCUT2D eigenvalue weighted by atomic mass is 9.47. The molecule has 1 aromatic heterocycles. The Morgan fingerprint density at radius 1 is 1.00 bits per heavy atom. The van der Waals surface area contributed by atoms with Crippen molar-refractivity contribution in [2.24, 2.45) is 22.7 Å². The number of hydrogen-bond donors (Lipinski definition) is 2. The molecule has 3 aromatic rings. The van der Waals surface area contributed by atoms with Gasteiger partial charge in [0.25, 0.3) is 0 Å². The number of fused-ring (bicyclic) bond motifs is 6. The fourth-order valence-electron chi connectivity index (χ4n) is 14.2. The number of allylic oxidation sites excluding steroid dienone is 1. The number of nitrogens with zero attached hydrogens (tertiary/aromatic N) is 3. The standard InChI is InChI=1S/C52H61FN4O8S/c1-8-31-21-32-25-51(47(59)63-6,43-36(28-56(26-31)27-32)35-22-34(15-16-40(35)54-43)66-29-33-13-10-11-14-39(33)53)38-23-37-41(24-42(38)62-5)55(4)45-50(37)18-20-57-19-12-17-49(9-2,44(50)57)46(65-30(3)58)52(45,61)48(60)64-7/h10-17,21-24,32,38,42,44-46,54,61H,8-9,18-20,25-29H2,1-7H3/t32-,38?,42?,44+,45-,46-,49-,50-,51+,52+/m1/s1. The van der Waals surface area contributed by atoms with Gasteiger partial charge in [0, 0.05) is 103 Å². The summed E-state index contributed by atoms with van der Waals surface area (Å²) in [5, 5.41) is 14.4. The van der Waals surface area contributed by atoms with Gasteiger partial charge in [0.1, 0.15) is 11.2 Å². The fourth-order valence-corrected chi connectivity index (χ4v) is 15.1. The van der Waals surface area contributed by atoms with Crippen molar-refractivity contribution in [2.45, 2.75) is 99.0 Å². The number of esters is 3. The van der Waals surface area contributed by atoms with Gasteiger partial charge in [0.05, 0.1) is 26.4 Å². The summed E-state index contributed by atoms with van der Waals surface area (Å²) in [6, 6.07) is 11.9. The number of likely N-dealkylation sites (N-methyl/N-ethyl adjacent to an activating group) is 1. The maximum absolute atomic E-state index is 15.5.